The summed E-state index contributed by atoms with van der Waals surface area (Å²) in [7, 11) is 4.13. The Bertz CT molecular complexity index is 319. The Morgan fingerprint density at radius 3 is 3.17 bits per heavy atom. The monoisotopic (exact) mass is 161 g/mol. The molecule has 0 atom stereocenters. The average molecular weight is 161 g/mol. The molecule has 0 unspecified atom stereocenters. The van der Waals surface area contributed by atoms with E-state index in [1.165, 1.54) is 11.3 Å². The van der Waals surface area contributed by atoms with Gasteiger partial charge in [-0.05, 0) is 12.5 Å². The molecule has 2 nitrogen and oxygen atoms in total. The van der Waals surface area contributed by atoms with Crippen LogP contribution in [-0.4, -0.2) is 29.9 Å². The molecule has 0 saturated heterocycles. The quantitative estimate of drug-likeness (QED) is 0.486. The van der Waals surface area contributed by atoms with Crippen LogP contribution in [0.4, 0.5) is 0 Å². The van der Waals surface area contributed by atoms with E-state index in [9.17, 15) is 0 Å². The highest BCUT2D eigenvalue weighted by molar-refractivity contribution is 5.59. The van der Waals surface area contributed by atoms with Crippen LogP contribution in [0.2, 0.25) is 0 Å². The van der Waals surface area contributed by atoms with Crippen LogP contribution in [-0.2, 0) is 0 Å². The van der Waals surface area contributed by atoms with Crippen molar-refractivity contribution in [2.24, 2.45) is 0 Å². The zero-order valence-electron chi connectivity index (χ0n) is 7.49. The van der Waals surface area contributed by atoms with Crippen LogP contribution in [0, 0.1) is 0 Å². The molecule has 2 heteroatoms. The summed E-state index contributed by atoms with van der Waals surface area (Å²) in [6, 6.07) is 0. The highest BCUT2D eigenvalue weighted by Crippen LogP contribution is 2.22. The molecule has 0 amide bonds. The van der Waals surface area contributed by atoms with Gasteiger partial charge in [0.15, 0.2) is 0 Å². The van der Waals surface area contributed by atoms with Crippen molar-refractivity contribution in [2.75, 3.05) is 14.1 Å². The number of hydrogen-bond donors (Lipinski definition) is 0. The minimum Gasteiger partial charge on any atom is -0.243 e. The minimum atomic E-state index is 1.05. The maximum Gasteiger partial charge on any atom is 0.243 e. The van der Waals surface area contributed by atoms with E-state index in [0.717, 1.165) is 6.42 Å². The second kappa shape index (κ2) is 2.63. The molecule has 0 aromatic heterocycles. The van der Waals surface area contributed by atoms with Crippen molar-refractivity contribution in [3.8, 4) is 0 Å². The van der Waals surface area contributed by atoms with Crippen LogP contribution in [0.5, 0.6) is 0 Å². The summed E-state index contributed by atoms with van der Waals surface area (Å²) in [6.07, 6.45) is 11.8. The Morgan fingerprint density at radius 2 is 2.33 bits per heavy atom. The van der Waals surface area contributed by atoms with E-state index in [1.807, 2.05) is 0 Å². The van der Waals surface area contributed by atoms with E-state index in [4.69, 9.17) is 0 Å². The summed E-state index contributed by atoms with van der Waals surface area (Å²) >= 11 is 0. The molecule has 0 bridgehead atoms. The van der Waals surface area contributed by atoms with Crippen LogP contribution in [0.1, 0.15) is 6.42 Å². The molecular weight excluding hydrogens is 148 g/mol. The summed E-state index contributed by atoms with van der Waals surface area (Å²) in [5, 5.41) is 0. The van der Waals surface area contributed by atoms with E-state index < -0.39 is 0 Å². The van der Waals surface area contributed by atoms with Crippen molar-refractivity contribution in [3.63, 3.8) is 0 Å². The van der Waals surface area contributed by atoms with E-state index in [-0.39, 0.29) is 0 Å². The molecule has 0 spiro atoms. The van der Waals surface area contributed by atoms with Gasteiger partial charge in [0.1, 0.15) is 5.70 Å². The Kier molecular flexibility index (Phi) is 1.61. The van der Waals surface area contributed by atoms with Crippen LogP contribution in [0.25, 0.3) is 0 Å². The first-order valence-electron chi connectivity index (χ1n) is 4.15. The fourth-order valence-electron chi connectivity index (χ4n) is 1.64. The molecule has 0 fully saturated rings. The van der Waals surface area contributed by atoms with Crippen LogP contribution >= 0.6 is 0 Å². The molecule has 0 radical (unpaired) electrons. The number of likely N-dealkylation sites (N-methyl/N-ethyl adjacent to an activating group) is 1. The van der Waals surface area contributed by atoms with Gasteiger partial charge in [0.25, 0.3) is 0 Å². The lowest BCUT2D eigenvalue weighted by molar-refractivity contribution is -0.424. The summed E-state index contributed by atoms with van der Waals surface area (Å²) < 4.78 is 2.09. The second-order valence-electron chi connectivity index (χ2n) is 3.23. The lowest BCUT2D eigenvalue weighted by Gasteiger charge is -2.19. The molecule has 1 aliphatic carbocycles. The predicted octanol–water partition coefficient (Wildman–Crippen LogP) is 1.33. The van der Waals surface area contributed by atoms with Gasteiger partial charge in [0.05, 0.1) is 20.3 Å². The lowest BCUT2D eigenvalue weighted by atomic mass is 10.0. The van der Waals surface area contributed by atoms with E-state index in [0.29, 0.717) is 0 Å². The predicted molar refractivity (Wildman–Crippen MR) is 49.9 cm³/mol. The van der Waals surface area contributed by atoms with Gasteiger partial charge in [0, 0.05) is 5.57 Å². The van der Waals surface area contributed by atoms with Crippen LogP contribution in [0.15, 0.2) is 35.7 Å². The smallest absolute Gasteiger partial charge is 0.243 e. The van der Waals surface area contributed by atoms with E-state index in [2.05, 4.69) is 54.3 Å². The summed E-state index contributed by atoms with van der Waals surface area (Å²) in [6.45, 7) is 0. The normalized spacial score (nSPS) is 21.2. The summed E-state index contributed by atoms with van der Waals surface area (Å²) in [4.78, 5) is 2.15. The first kappa shape index (κ1) is 7.35. The van der Waals surface area contributed by atoms with Crippen molar-refractivity contribution < 1.29 is 4.58 Å². The zero-order chi connectivity index (χ0) is 8.55. The molecule has 1 heterocycles. The molecule has 62 valence electrons. The molecule has 0 aromatic rings. The van der Waals surface area contributed by atoms with Crippen molar-refractivity contribution in [2.45, 2.75) is 6.42 Å². The van der Waals surface area contributed by atoms with Crippen molar-refractivity contribution in [1.29, 1.82) is 0 Å². The molecule has 0 N–H and O–H groups in total. The number of nitrogens with zero attached hydrogens (tertiary/aromatic N) is 2. The van der Waals surface area contributed by atoms with Crippen LogP contribution < -0.4 is 0 Å². The fraction of sp³-hybridized carbons (Fsp3) is 0.300. The number of allylic oxidation sites excluding steroid dienone is 4. The Hall–Kier alpha value is -1.31. The fourth-order valence-corrected chi connectivity index (χ4v) is 1.64. The maximum absolute atomic E-state index is 2.18. The van der Waals surface area contributed by atoms with Gasteiger partial charge in [0.2, 0.25) is 6.34 Å². The standard InChI is InChI=1S/C10H13N2/c1-11-7-9-5-3-4-6-10(9)12(2)8-11/h3-4,6-8H,5H2,1-2H3/q+1. The SMILES string of the molecule is CN1C=[N+](C)C=C2CC=CC=C21. The van der Waals surface area contributed by atoms with Crippen molar-refractivity contribution >= 4 is 6.34 Å². The van der Waals surface area contributed by atoms with Gasteiger partial charge in [-0.3, -0.25) is 0 Å². The molecule has 0 saturated carbocycles. The van der Waals surface area contributed by atoms with Crippen LogP contribution in [0.3, 0.4) is 0 Å². The minimum absolute atomic E-state index is 1.05. The Morgan fingerprint density at radius 1 is 1.50 bits per heavy atom. The molecule has 0 aromatic carbocycles. The largest absolute Gasteiger partial charge is 0.243 e. The maximum atomic E-state index is 2.18. The number of fused-ring (bicyclic) bond motifs is 1. The first-order valence-corrected chi connectivity index (χ1v) is 4.15. The van der Waals surface area contributed by atoms with Gasteiger partial charge in [-0.15, -0.1) is 0 Å². The molecule has 2 aliphatic rings. The zero-order valence-corrected chi connectivity index (χ0v) is 7.49. The van der Waals surface area contributed by atoms with Crippen molar-refractivity contribution in [3.05, 3.63) is 35.7 Å². The van der Waals surface area contributed by atoms with E-state index in [1.54, 1.807) is 0 Å². The number of hydrogen-bond acceptors (Lipinski definition) is 1. The van der Waals surface area contributed by atoms with Crippen molar-refractivity contribution in [1.82, 2.24) is 4.90 Å². The third-order valence-corrected chi connectivity index (χ3v) is 2.15. The first-order chi connectivity index (χ1) is 5.77. The summed E-state index contributed by atoms with van der Waals surface area (Å²) in [5.41, 5.74) is 2.71. The molecular formula is C10H13N2+. The van der Waals surface area contributed by atoms with Gasteiger partial charge in [-0.25, -0.2) is 9.48 Å². The molecule has 12 heavy (non-hydrogen) atoms. The van der Waals surface area contributed by atoms with Gasteiger partial charge >= 0.3 is 0 Å². The third kappa shape index (κ3) is 1.09. The Labute approximate surface area is 72.8 Å². The van der Waals surface area contributed by atoms with Gasteiger partial charge in [-0.1, -0.05) is 12.2 Å². The number of rotatable bonds is 0. The van der Waals surface area contributed by atoms with Gasteiger partial charge < -0.3 is 0 Å². The Balaban J connectivity index is 2.42. The lowest BCUT2D eigenvalue weighted by Crippen LogP contribution is -2.26. The molecule has 1 aliphatic heterocycles. The third-order valence-electron chi connectivity index (χ3n) is 2.15. The molecule has 2 rings (SSSR count). The van der Waals surface area contributed by atoms with Gasteiger partial charge in [-0.2, -0.15) is 0 Å². The van der Waals surface area contributed by atoms with E-state index >= 15 is 0 Å². The highest BCUT2D eigenvalue weighted by atomic mass is 15.2. The summed E-state index contributed by atoms with van der Waals surface area (Å²) in [5.74, 6) is 0. The topological polar surface area (TPSA) is 6.25 Å². The average Bonchev–Trinajstić information content (AvgIpc) is 2.04. The highest BCUT2D eigenvalue weighted by Gasteiger charge is 2.20. The second-order valence-corrected chi connectivity index (χ2v) is 3.23.